The molecule has 2 aromatic carbocycles. The molecule has 0 bridgehead atoms. The highest BCUT2D eigenvalue weighted by Gasteiger charge is 2.18. The van der Waals surface area contributed by atoms with Crippen molar-refractivity contribution in [1.82, 2.24) is 14.8 Å². The van der Waals surface area contributed by atoms with E-state index in [-0.39, 0.29) is 5.69 Å². The van der Waals surface area contributed by atoms with Crippen molar-refractivity contribution < 1.29 is 14.6 Å². The first-order valence-corrected chi connectivity index (χ1v) is 10.1. The summed E-state index contributed by atoms with van der Waals surface area (Å²) in [4.78, 5) is 29.6. The van der Waals surface area contributed by atoms with E-state index in [0.717, 1.165) is 27.0 Å². The van der Waals surface area contributed by atoms with Crippen LogP contribution in [-0.4, -0.2) is 32.9 Å². The number of hydrogen-bond acceptors (Lipinski definition) is 7. The highest BCUT2D eigenvalue weighted by Crippen LogP contribution is 2.24. The van der Waals surface area contributed by atoms with Crippen LogP contribution in [0.5, 0.6) is 11.5 Å². The SMILES string of the molecule is COc1ccccc1-n1nc(C(=O)Nc2ccc(-c3csc(C)n3)cc2)c(O)cc1=O. The molecule has 8 nitrogen and oxygen atoms in total. The van der Waals surface area contributed by atoms with E-state index in [0.29, 0.717) is 17.1 Å². The van der Waals surface area contributed by atoms with Crippen LogP contribution in [0, 0.1) is 6.92 Å². The highest BCUT2D eigenvalue weighted by molar-refractivity contribution is 7.09. The molecular formula is C22H18N4O4S. The van der Waals surface area contributed by atoms with Gasteiger partial charge in [-0.25, -0.2) is 4.98 Å². The van der Waals surface area contributed by atoms with Crippen molar-refractivity contribution in [2.75, 3.05) is 12.4 Å². The molecule has 0 aliphatic carbocycles. The number of aryl methyl sites for hydroxylation is 1. The number of aromatic nitrogens is 3. The molecule has 0 fully saturated rings. The average molecular weight is 434 g/mol. The molecule has 31 heavy (non-hydrogen) atoms. The van der Waals surface area contributed by atoms with E-state index in [4.69, 9.17) is 4.74 Å². The Kier molecular flexibility index (Phi) is 5.50. The zero-order valence-electron chi connectivity index (χ0n) is 16.7. The first kappa shape index (κ1) is 20.3. The molecule has 2 aromatic heterocycles. The third-order valence-corrected chi connectivity index (χ3v) is 5.27. The number of thiazole rings is 1. The number of nitrogens with one attached hydrogen (secondary N) is 1. The van der Waals surface area contributed by atoms with Crippen LogP contribution in [0.4, 0.5) is 5.69 Å². The normalized spacial score (nSPS) is 10.6. The second-order valence-electron chi connectivity index (χ2n) is 6.58. The zero-order chi connectivity index (χ0) is 22.0. The fourth-order valence-corrected chi connectivity index (χ4v) is 3.62. The Labute approximate surface area is 181 Å². The average Bonchev–Trinajstić information content (AvgIpc) is 3.20. The largest absolute Gasteiger partial charge is 0.505 e. The van der Waals surface area contributed by atoms with E-state index in [1.54, 1.807) is 47.7 Å². The monoisotopic (exact) mass is 434 g/mol. The molecule has 1 amide bonds. The van der Waals surface area contributed by atoms with Crippen molar-refractivity contribution in [2.45, 2.75) is 6.92 Å². The number of nitrogens with zero attached hydrogens (tertiary/aromatic N) is 3. The maximum absolute atomic E-state index is 12.8. The van der Waals surface area contributed by atoms with Crippen LogP contribution in [-0.2, 0) is 0 Å². The number of ether oxygens (including phenoxy) is 1. The molecule has 4 rings (SSSR count). The topological polar surface area (TPSA) is 106 Å². The number of hydrogen-bond donors (Lipinski definition) is 2. The number of rotatable bonds is 5. The summed E-state index contributed by atoms with van der Waals surface area (Å²) in [6, 6.07) is 14.8. The zero-order valence-corrected chi connectivity index (χ0v) is 17.5. The molecular weight excluding hydrogens is 416 g/mol. The van der Waals surface area contributed by atoms with Crippen LogP contribution in [0.15, 0.2) is 64.8 Å². The van der Waals surface area contributed by atoms with Gasteiger partial charge in [0.15, 0.2) is 11.4 Å². The Balaban J connectivity index is 1.62. The molecule has 0 radical (unpaired) electrons. The number of carbonyl (C=O) groups is 1. The minimum atomic E-state index is -0.654. The van der Waals surface area contributed by atoms with Crippen LogP contribution in [0.25, 0.3) is 16.9 Å². The maximum Gasteiger partial charge on any atom is 0.279 e. The van der Waals surface area contributed by atoms with Crippen molar-refractivity contribution in [1.29, 1.82) is 0 Å². The molecule has 0 saturated heterocycles. The van der Waals surface area contributed by atoms with Crippen LogP contribution in [0.1, 0.15) is 15.5 Å². The molecule has 2 heterocycles. The maximum atomic E-state index is 12.8. The van der Waals surface area contributed by atoms with Gasteiger partial charge in [-0.2, -0.15) is 9.78 Å². The Morgan fingerprint density at radius 3 is 2.58 bits per heavy atom. The van der Waals surface area contributed by atoms with Crippen molar-refractivity contribution in [2.24, 2.45) is 0 Å². The van der Waals surface area contributed by atoms with Crippen LogP contribution in [0.2, 0.25) is 0 Å². The van der Waals surface area contributed by atoms with E-state index >= 15 is 0 Å². The van der Waals surface area contributed by atoms with Gasteiger partial charge in [-0.1, -0.05) is 24.3 Å². The first-order valence-electron chi connectivity index (χ1n) is 9.27. The Morgan fingerprint density at radius 2 is 1.90 bits per heavy atom. The van der Waals surface area contributed by atoms with E-state index < -0.39 is 17.2 Å². The van der Waals surface area contributed by atoms with Crippen LogP contribution >= 0.6 is 11.3 Å². The van der Waals surface area contributed by atoms with Gasteiger partial charge >= 0.3 is 0 Å². The molecule has 0 spiro atoms. The Hall–Kier alpha value is -3.98. The summed E-state index contributed by atoms with van der Waals surface area (Å²) < 4.78 is 6.28. The Morgan fingerprint density at radius 1 is 1.16 bits per heavy atom. The molecule has 0 unspecified atom stereocenters. The molecule has 9 heteroatoms. The standard InChI is InChI=1S/C22H18N4O4S/c1-13-23-16(12-31-13)14-7-9-15(10-8-14)24-22(29)21-18(27)11-20(28)26(25-21)17-5-3-4-6-19(17)30-2/h3-12,27H,1-2H3,(H,24,29). The van der Waals surface area contributed by atoms with Crippen LogP contribution < -0.4 is 15.6 Å². The summed E-state index contributed by atoms with van der Waals surface area (Å²) in [5.74, 6) is -0.761. The van der Waals surface area contributed by atoms with Gasteiger partial charge < -0.3 is 15.2 Å². The van der Waals surface area contributed by atoms with E-state index in [2.05, 4.69) is 15.4 Å². The van der Waals surface area contributed by atoms with Crippen molar-refractivity contribution in [3.8, 4) is 28.4 Å². The number of aromatic hydroxyl groups is 1. The van der Waals surface area contributed by atoms with Crippen molar-refractivity contribution >= 4 is 22.9 Å². The fraction of sp³-hybridized carbons (Fsp3) is 0.0909. The van der Waals surface area contributed by atoms with Crippen molar-refractivity contribution in [3.05, 3.63) is 81.0 Å². The quantitative estimate of drug-likeness (QED) is 0.497. The smallest absolute Gasteiger partial charge is 0.279 e. The minimum Gasteiger partial charge on any atom is -0.505 e. The van der Waals surface area contributed by atoms with Crippen LogP contribution in [0.3, 0.4) is 0 Å². The second kappa shape index (κ2) is 8.41. The Bertz CT molecular complexity index is 1310. The minimum absolute atomic E-state index is 0.287. The first-order chi connectivity index (χ1) is 15.0. The lowest BCUT2D eigenvalue weighted by Crippen LogP contribution is -2.25. The number of benzene rings is 2. The molecule has 0 aliphatic heterocycles. The number of carbonyl (C=O) groups excluding carboxylic acids is 1. The lowest BCUT2D eigenvalue weighted by Gasteiger charge is -2.12. The van der Waals surface area contributed by atoms with Gasteiger partial charge in [0.25, 0.3) is 11.5 Å². The molecule has 4 aromatic rings. The van der Waals surface area contributed by atoms with Gasteiger partial charge in [0.05, 0.1) is 17.8 Å². The molecule has 0 saturated carbocycles. The van der Waals surface area contributed by atoms with Gasteiger partial charge in [-0.15, -0.1) is 11.3 Å². The molecule has 2 N–H and O–H groups in total. The second-order valence-corrected chi connectivity index (χ2v) is 7.65. The third-order valence-electron chi connectivity index (χ3n) is 4.50. The third kappa shape index (κ3) is 4.17. The van der Waals surface area contributed by atoms with E-state index in [1.165, 1.54) is 7.11 Å². The number of anilines is 1. The summed E-state index contributed by atoms with van der Waals surface area (Å²) in [7, 11) is 1.47. The molecule has 0 aliphatic rings. The highest BCUT2D eigenvalue weighted by atomic mass is 32.1. The number of amides is 1. The number of methoxy groups -OCH3 is 1. The summed E-state index contributed by atoms with van der Waals surface area (Å²) in [5.41, 5.74) is 1.77. The van der Waals surface area contributed by atoms with E-state index in [9.17, 15) is 14.7 Å². The predicted molar refractivity (Wildman–Crippen MR) is 118 cm³/mol. The summed E-state index contributed by atoms with van der Waals surface area (Å²) in [5, 5.41) is 19.8. The summed E-state index contributed by atoms with van der Waals surface area (Å²) in [6.45, 7) is 1.94. The molecule has 156 valence electrons. The predicted octanol–water partition coefficient (Wildman–Crippen LogP) is 3.63. The fourth-order valence-electron chi connectivity index (χ4n) is 3.00. The lowest BCUT2D eigenvalue weighted by atomic mass is 10.1. The van der Waals surface area contributed by atoms with Crippen molar-refractivity contribution in [3.63, 3.8) is 0 Å². The lowest BCUT2D eigenvalue weighted by molar-refractivity contribution is 0.101. The van der Waals surface area contributed by atoms with Gasteiger partial charge in [-0.3, -0.25) is 9.59 Å². The summed E-state index contributed by atoms with van der Waals surface area (Å²) >= 11 is 1.56. The van der Waals surface area contributed by atoms with Gasteiger partial charge in [0.2, 0.25) is 0 Å². The van der Waals surface area contributed by atoms with E-state index in [1.807, 2.05) is 24.4 Å². The van der Waals surface area contributed by atoms with Gasteiger partial charge in [0.1, 0.15) is 11.4 Å². The van der Waals surface area contributed by atoms with Gasteiger partial charge in [0, 0.05) is 22.7 Å². The molecule has 0 atom stereocenters. The summed E-state index contributed by atoms with van der Waals surface area (Å²) in [6.07, 6.45) is 0. The van der Waals surface area contributed by atoms with Gasteiger partial charge in [-0.05, 0) is 31.2 Å². The number of para-hydroxylation sites is 2.